The first-order chi connectivity index (χ1) is 28.7. The molecule has 6 aromatic carbocycles. The number of aliphatic imine (C=N–C) groups is 1. The molecule has 0 radical (unpaired) electrons. The summed E-state index contributed by atoms with van der Waals surface area (Å²) in [5, 5.41) is 6.44. The Balaban J connectivity index is 0.955. The molecule has 5 aliphatic rings. The van der Waals surface area contributed by atoms with Gasteiger partial charge in [0, 0.05) is 60.6 Å². The Morgan fingerprint density at radius 3 is 2.19 bits per heavy atom. The van der Waals surface area contributed by atoms with Crippen LogP contribution in [0.15, 0.2) is 214 Å². The van der Waals surface area contributed by atoms with Gasteiger partial charge in [0.05, 0.1) is 11.6 Å². The van der Waals surface area contributed by atoms with Gasteiger partial charge in [-0.3, -0.25) is 4.99 Å². The fourth-order valence-corrected chi connectivity index (χ4v) is 10.6. The van der Waals surface area contributed by atoms with Gasteiger partial charge in [-0.1, -0.05) is 134 Å². The minimum absolute atomic E-state index is 0.0615. The maximum absolute atomic E-state index is 6.80. The molecule has 0 saturated heterocycles. The van der Waals surface area contributed by atoms with E-state index in [4.69, 9.17) is 14.1 Å². The van der Waals surface area contributed by atoms with Crippen LogP contribution in [-0.4, -0.2) is 17.1 Å². The van der Waals surface area contributed by atoms with Gasteiger partial charge in [0.1, 0.15) is 29.1 Å². The van der Waals surface area contributed by atoms with Crippen LogP contribution in [0.25, 0.3) is 33.1 Å². The van der Waals surface area contributed by atoms with Crippen molar-refractivity contribution >= 4 is 56.5 Å². The standard InChI is InChI=1S/C52H37N3O2S/c1-3-13-33(14-4-1)48-51-49(40-19-8-11-21-44(40)57-51)54-52(53-48)41-29-28-37(50-47(41)39-18-7-10-20-43(39)56-50)32-23-25-35(26-24-32)55(34-15-5-2-6-16-34)36-27-30-46-42(31-36)38-17-9-12-22-45(38)58-46/h1-31,38,40,44-45,52,54H. The maximum atomic E-state index is 6.80. The smallest absolute Gasteiger partial charge is 0.165 e. The van der Waals surface area contributed by atoms with Crippen molar-refractivity contribution in [1.29, 1.82) is 0 Å². The zero-order valence-electron chi connectivity index (χ0n) is 31.4. The number of hydrogen-bond donors (Lipinski definition) is 1. The number of fused-ring (bicyclic) bond motifs is 8. The molecule has 6 heteroatoms. The van der Waals surface area contributed by atoms with Gasteiger partial charge in [-0.2, -0.15) is 0 Å². The van der Waals surface area contributed by atoms with Crippen LogP contribution in [0, 0.1) is 5.92 Å². The number of benzene rings is 6. The summed E-state index contributed by atoms with van der Waals surface area (Å²) in [5.74, 6) is 1.31. The summed E-state index contributed by atoms with van der Waals surface area (Å²) in [6, 6.07) is 49.7. The van der Waals surface area contributed by atoms with Crippen LogP contribution in [0.2, 0.25) is 0 Å². The Bertz CT molecular complexity index is 2960. The van der Waals surface area contributed by atoms with E-state index in [0.29, 0.717) is 11.2 Å². The first-order valence-corrected chi connectivity index (χ1v) is 20.8. The second-order valence-corrected chi connectivity index (χ2v) is 16.6. The Morgan fingerprint density at radius 1 is 0.603 bits per heavy atom. The fourth-order valence-electron chi connectivity index (χ4n) is 9.26. The molecule has 2 aliphatic carbocycles. The maximum Gasteiger partial charge on any atom is 0.165 e. The van der Waals surface area contributed by atoms with Crippen LogP contribution in [0.4, 0.5) is 17.1 Å². The van der Waals surface area contributed by atoms with Crippen molar-refractivity contribution in [1.82, 2.24) is 5.32 Å². The Morgan fingerprint density at radius 2 is 1.33 bits per heavy atom. The minimum Gasteiger partial charge on any atom is -0.481 e. The molecule has 0 amide bonds. The van der Waals surface area contributed by atoms with Crippen molar-refractivity contribution in [3.8, 4) is 11.1 Å². The van der Waals surface area contributed by atoms with Crippen molar-refractivity contribution in [3.63, 3.8) is 0 Å². The summed E-state index contributed by atoms with van der Waals surface area (Å²) >= 11 is 1.96. The number of ether oxygens (including phenoxy) is 1. The van der Waals surface area contributed by atoms with E-state index >= 15 is 0 Å². The lowest BCUT2D eigenvalue weighted by molar-refractivity contribution is 0.178. The number of rotatable bonds is 6. The van der Waals surface area contributed by atoms with Crippen LogP contribution >= 0.6 is 11.8 Å². The van der Waals surface area contributed by atoms with Gasteiger partial charge in [-0.15, -0.1) is 11.8 Å². The highest BCUT2D eigenvalue weighted by Gasteiger charge is 2.41. The molecule has 5 unspecified atom stereocenters. The number of hydrogen-bond acceptors (Lipinski definition) is 6. The van der Waals surface area contributed by atoms with Crippen LogP contribution in [0.5, 0.6) is 0 Å². The monoisotopic (exact) mass is 767 g/mol. The van der Waals surface area contributed by atoms with Crippen molar-refractivity contribution in [3.05, 3.63) is 216 Å². The van der Waals surface area contributed by atoms with Crippen molar-refractivity contribution in [2.45, 2.75) is 28.3 Å². The molecule has 58 heavy (non-hydrogen) atoms. The van der Waals surface area contributed by atoms with Crippen molar-refractivity contribution in [2.24, 2.45) is 10.9 Å². The van der Waals surface area contributed by atoms with Gasteiger partial charge in [0.15, 0.2) is 5.76 Å². The second kappa shape index (κ2) is 13.4. The summed E-state index contributed by atoms with van der Waals surface area (Å²) < 4.78 is 13.4. The minimum atomic E-state index is -0.351. The predicted molar refractivity (Wildman–Crippen MR) is 237 cm³/mol. The fraction of sp³-hybridized carbons (Fsp3) is 0.0962. The molecule has 3 aliphatic heterocycles. The van der Waals surface area contributed by atoms with Crippen molar-refractivity contribution in [2.75, 3.05) is 4.90 Å². The molecule has 7 aromatic rings. The lowest BCUT2D eigenvalue weighted by Crippen LogP contribution is -2.30. The molecule has 5 atom stereocenters. The molecule has 1 N–H and O–H groups in total. The van der Waals surface area contributed by atoms with Gasteiger partial charge in [-0.25, -0.2) is 0 Å². The highest BCUT2D eigenvalue weighted by Crippen LogP contribution is 2.50. The van der Waals surface area contributed by atoms with Gasteiger partial charge >= 0.3 is 0 Å². The molecule has 0 saturated carbocycles. The number of nitrogens with zero attached hydrogens (tertiary/aromatic N) is 2. The van der Waals surface area contributed by atoms with E-state index < -0.39 is 0 Å². The molecule has 0 spiro atoms. The van der Waals surface area contributed by atoms with E-state index in [2.05, 4.69) is 186 Å². The number of allylic oxidation sites excluding steroid dienone is 6. The topological polar surface area (TPSA) is 50.0 Å². The zero-order valence-corrected chi connectivity index (χ0v) is 32.2. The molecule has 278 valence electrons. The van der Waals surface area contributed by atoms with Crippen LogP contribution in [0.3, 0.4) is 0 Å². The van der Waals surface area contributed by atoms with Crippen LogP contribution in [-0.2, 0) is 4.74 Å². The first-order valence-electron chi connectivity index (χ1n) is 20.0. The highest BCUT2D eigenvalue weighted by atomic mass is 32.2. The highest BCUT2D eigenvalue weighted by molar-refractivity contribution is 8.00. The lowest BCUT2D eigenvalue weighted by Gasteiger charge is -2.27. The largest absolute Gasteiger partial charge is 0.481 e. The van der Waals surface area contributed by atoms with E-state index in [9.17, 15) is 0 Å². The number of anilines is 3. The quantitative estimate of drug-likeness (QED) is 0.183. The number of thioether (sulfide) groups is 1. The lowest BCUT2D eigenvalue weighted by atomic mass is 9.92. The van der Waals surface area contributed by atoms with E-state index in [1.807, 2.05) is 23.9 Å². The van der Waals surface area contributed by atoms with E-state index in [1.54, 1.807) is 0 Å². The summed E-state index contributed by atoms with van der Waals surface area (Å²) in [6.45, 7) is 0. The third-order valence-electron chi connectivity index (χ3n) is 12.0. The molecule has 12 rings (SSSR count). The van der Waals surface area contributed by atoms with Gasteiger partial charge in [0.25, 0.3) is 0 Å². The second-order valence-electron chi connectivity index (χ2n) is 15.3. The normalized spacial score (nSPS) is 22.3. The third kappa shape index (κ3) is 5.36. The molecule has 0 bridgehead atoms. The van der Waals surface area contributed by atoms with Gasteiger partial charge in [0.2, 0.25) is 0 Å². The van der Waals surface area contributed by atoms with Crippen LogP contribution in [0.1, 0.15) is 28.8 Å². The van der Waals surface area contributed by atoms with Gasteiger partial charge in [-0.05, 0) is 65.7 Å². The SMILES string of the molecule is C1=CC2OC3=C(NC(c4ccc(-c5ccc(N(c6ccccc6)c6ccc7c(c6)C6C=CC=CC6S7)cc5)c5oc6ccccc6c45)N=C3c3ccccc3)C2C=C1. The Kier molecular flexibility index (Phi) is 7.73. The number of para-hydroxylation sites is 2. The average Bonchev–Trinajstić information content (AvgIpc) is 3.99. The summed E-state index contributed by atoms with van der Waals surface area (Å²) in [5.41, 5.74) is 12.6. The molecule has 4 heterocycles. The Hall–Kier alpha value is -6.76. The molecular weight excluding hydrogens is 731 g/mol. The first kappa shape index (κ1) is 33.4. The number of nitrogens with one attached hydrogen (secondary N) is 1. The predicted octanol–water partition coefficient (Wildman–Crippen LogP) is 12.9. The third-order valence-corrected chi connectivity index (χ3v) is 13.3. The number of furan rings is 1. The Labute approximate surface area is 341 Å². The summed E-state index contributed by atoms with van der Waals surface area (Å²) in [7, 11) is 0. The molecule has 1 aromatic heterocycles. The zero-order chi connectivity index (χ0) is 38.2. The molecule has 0 fully saturated rings. The van der Waals surface area contributed by atoms with E-state index in [0.717, 1.165) is 78.4 Å². The van der Waals surface area contributed by atoms with Gasteiger partial charge < -0.3 is 19.4 Å². The molecule has 5 nitrogen and oxygen atoms in total. The van der Waals surface area contributed by atoms with Crippen LogP contribution < -0.4 is 10.2 Å². The average molecular weight is 768 g/mol. The van der Waals surface area contributed by atoms with E-state index in [-0.39, 0.29) is 18.2 Å². The van der Waals surface area contributed by atoms with Crippen molar-refractivity contribution < 1.29 is 9.15 Å². The summed E-state index contributed by atoms with van der Waals surface area (Å²) in [4.78, 5) is 9.14. The summed E-state index contributed by atoms with van der Waals surface area (Å²) in [6.07, 6.45) is 17.1. The van der Waals surface area contributed by atoms with E-state index in [1.165, 1.54) is 10.5 Å². The molecular formula is C52H37N3O2S.